The van der Waals surface area contributed by atoms with Gasteiger partial charge in [0.1, 0.15) is 6.61 Å². The van der Waals surface area contributed by atoms with Crippen molar-refractivity contribution in [2.24, 2.45) is 0 Å². The van der Waals surface area contributed by atoms with E-state index in [1.807, 2.05) is 18.7 Å². The van der Waals surface area contributed by atoms with Crippen LogP contribution in [0.4, 0.5) is 0 Å². The lowest BCUT2D eigenvalue weighted by molar-refractivity contribution is -0.137. The molecule has 1 amide bonds. The number of carbonyl (C=O) groups is 1. The summed E-state index contributed by atoms with van der Waals surface area (Å²) in [7, 11) is 0. The second-order valence-electron chi connectivity index (χ2n) is 4.11. The molecule has 0 bridgehead atoms. The third-order valence-corrected chi connectivity index (χ3v) is 3.07. The Morgan fingerprint density at radius 1 is 1.35 bits per heavy atom. The summed E-state index contributed by atoms with van der Waals surface area (Å²) in [5.74, 6) is 0.0523. The molecule has 5 heteroatoms. The minimum absolute atomic E-state index is 0.0147. The highest BCUT2D eigenvalue weighted by atomic mass is 16.5. The van der Waals surface area contributed by atoms with Crippen LogP contribution in [0, 0.1) is 11.3 Å². The second-order valence-corrected chi connectivity index (χ2v) is 4.11. The third kappa shape index (κ3) is 3.99. The first kappa shape index (κ1) is 13.9. The van der Waals surface area contributed by atoms with E-state index in [9.17, 15) is 4.79 Å². The molecule has 0 aromatic heterocycles. The first-order valence-corrected chi connectivity index (χ1v) is 6.22. The van der Waals surface area contributed by atoms with Crippen molar-refractivity contribution in [3.63, 3.8) is 0 Å². The third-order valence-electron chi connectivity index (χ3n) is 3.07. The monoisotopic (exact) mass is 239 g/mol. The maximum Gasteiger partial charge on any atom is 0.248 e. The molecule has 0 spiro atoms. The van der Waals surface area contributed by atoms with E-state index >= 15 is 0 Å². The summed E-state index contributed by atoms with van der Waals surface area (Å²) >= 11 is 0. The summed E-state index contributed by atoms with van der Waals surface area (Å²) in [5.41, 5.74) is 0. The predicted molar refractivity (Wildman–Crippen MR) is 64.3 cm³/mol. The summed E-state index contributed by atoms with van der Waals surface area (Å²) in [6, 6.07) is 2.28. The van der Waals surface area contributed by atoms with E-state index in [-0.39, 0.29) is 18.6 Å². The Morgan fingerprint density at radius 2 is 2.00 bits per heavy atom. The van der Waals surface area contributed by atoms with Gasteiger partial charge in [-0.3, -0.25) is 9.69 Å². The van der Waals surface area contributed by atoms with E-state index in [4.69, 9.17) is 10.00 Å². The fraction of sp³-hybridized carbons (Fsp3) is 0.833. The molecule has 0 aromatic rings. The smallest absolute Gasteiger partial charge is 0.248 e. The summed E-state index contributed by atoms with van der Waals surface area (Å²) in [6.07, 6.45) is 0.837. The highest BCUT2D eigenvalue weighted by Gasteiger charge is 2.24. The summed E-state index contributed by atoms with van der Waals surface area (Å²) in [5, 5.41) is 8.98. The molecule has 1 atom stereocenters. The molecular formula is C12H21N3O2. The van der Waals surface area contributed by atoms with Crippen LogP contribution in [0.15, 0.2) is 0 Å². The Hall–Kier alpha value is -1.12. The van der Waals surface area contributed by atoms with Gasteiger partial charge in [-0.25, -0.2) is 0 Å². The van der Waals surface area contributed by atoms with Crippen molar-refractivity contribution in [2.75, 3.05) is 39.4 Å². The lowest BCUT2D eigenvalue weighted by Crippen LogP contribution is -2.52. The van der Waals surface area contributed by atoms with Crippen molar-refractivity contribution in [2.45, 2.75) is 26.3 Å². The van der Waals surface area contributed by atoms with Gasteiger partial charge in [0, 0.05) is 32.8 Å². The number of amides is 1. The highest BCUT2D eigenvalue weighted by molar-refractivity contribution is 5.77. The summed E-state index contributed by atoms with van der Waals surface area (Å²) < 4.78 is 5.11. The van der Waals surface area contributed by atoms with Gasteiger partial charge in [-0.15, -0.1) is 0 Å². The standard InChI is InChI=1S/C12H21N3O2/c1-3-11(9-13)14-5-7-15(8-6-14)12(16)10-17-4-2/h11H,3-8,10H2,1-2H3. The molecule has 1 unspecified atom stereocenters. The van der Waals surface area contributed by atoms with E-state index < -0.39 is 0 Å². The molecule has 1 fully saturated rings. The Bertz CT molecular complexity index is 280. The molecule has 0 saturated carbocycles. The van der Waals surface area contributed by atoms with E-state index in [1.165, 1.54) is 0 Å². The number of hydrogen-bond acceptors (Lipinski definition) is 4. The second kappa shape index (κ2) is 7.25. The van der Waals surface area contributed by atoms with E-state index in [1.54, 1.807) is 0 Å². The fourth-order valence-electron chi connectivity index (χ4n) is 1.99. The zero-order valence-electron chi connectivity index (χ0n) is 10.7. The largest absolute Gasteiger partial charge is 0.372 e. The van der Waals surface area contributed by atoms with Gasteiger partial charge in [-0.1, -0.05) is 6.92 Å². The average Bonchev–Trinajstić information content (AvgIpc) is 2.38. The molecule has 0 aliphatic carbocycles. The van der Waals surface area contributed by atoms with Gasteiger partial charge in [0.2, 0.25) is 5.91 Å². The van der Waals surface area contributed by atoms with Gasteiger partial charge in [-0.05, 0) is 13.3 Å². The molecule has 96 valence electrons. The van der Waals surface area contributed by atoms with Crippen molar-refractivity contribution >= 4 is 5.91 Å². The lowest BCUT2D eigenvalue weighted by atomic mass is 10.2. The molecule has 1 aliphatic heterocycles. The maximum atomic E-state index is 11.7. The van der Waals surface area contributed by atoms with Crippen molar-refractivity contribution in [3.8, 4) is 6.07 Å². The Kier molecular flexibility index (Phi) is 5.95. The van der Waals surface area contributed by atoms with Gasteiger partial charge in [-0.2, -0.15) is 5.26 Å². The molecule has 1 aliphatic rings. The molecule has 0 N–H and O–H groups in total. The van der Waals surface area contributed by atoms with E-state index in [0.717, 1.165) is 19.5 Å². The Morgan fingerprint density at radius 3 is 2.47 bits per heavy atom. The number of nitrogens with zero attached hydrogens (tertiary/aromatic N) is 3. The minimum Gasteiger partial charge on any atom is -0.372 e. The van der Waals surface area contributed by atoms with Crippen LogP contribution in [0.5, 0.6) is 0 Å². The normalized spacial score (nSPS) is 18.8. The Labute approximate surface area is 103 Å². The van der Waals surface area contributed by atoms with Gasteiger partial charge in [0.25, 0.3) is 0 Å². The zero-order chi connectivity index (χ0) is 12.7. The number of rotatable bonds is 5. The molecule has 1 heterocycles. The topological polar surface area (TPSA) is 56.6 Å². The van der Waals surface area contributed by atoms with Crippen molar-refractivity contribution in [3.05, 3.63) is 0 Å². The fourth-order valence-corrected chi connectivity index (χ4v) is 1.99. The van der Waals surface area contributed by atoms with Gasteiger partial charge in [0.05, 0.1) is 12.1 Å². The first-order chi connectivity index (χ1) is 8.22. The van der Waals surface area contributed by atoms with Gasteiger partial charge >= 0.3 is 0 Å². The lowest BCUT2D eigenvalue weighted by Gasteiger charge is -2.36. The maximum absolute atomic E-state index is 11.7. The summed E-state index contributed by atoms with van der Waals surface area (Å²) in [6.45, 7) is 7.59. The van der Waals surface area contributed by atoms with Crippen LogP contribution in [0.25, 0.3) is 0 Å². The van der Waals surface area contributed by atoms with Crippen LogP contribution in [0.2, 0.25) is 0 Å². The number of piperazine rings is 1. The molecule has 1 saturated heterocycles. The molecule has 0 radical (unpaired) electrons. The predicted octanol–water partition coefficient (Wildman–Crippen LogP) is 0.469. The van der Waals surface area contributed by atoms with Crippen LogP contribution in [-0.2, 0) is 9.53 Å². The van der Waals surface area contributed by atoms with Crippen molar-refractivity contribution < 1.29 is 9.53 Å². The van der Waals surface area contributed by atoms with Crippen molar-refractivity contribution in [1.29, 1.82) is 5.26 Å². The molecule has 5 nitrogen and oxygen atoms in total. The van der Waals surface area contributed by atoms with Gasteiger partial charge in [0.15, 0.2) is 0 Å². The SMILES string of the molecule is CCOCC(=O)N1CCN(C(C#N)CC)CC1. The Balaban J connectivity index is 2.35. The van der Waals surface area contributed by atoms with Crippen LogP contribution in [0.3, 0.4) is 0 Å². The average molecular weight is 239 g/mol. The molecule has 1 rings (SSSR count). The van der Waals surface area contributed by atoms with Crippen LogP contribution in [-0.4, -0.2) is 61.1 Å². The molecule has 17 heavy (non-hydrogen) atoms. The molecule has 0 aromatic carbocycles. The number of carbonyl (C=O) groups excluding carboxylic acids is 1. The number of nitriles is 1. The van der Waals surface area contributed by atoms with Crippen molar-refractivity contribution in [1.82, 2.24) is 9.80 Å². The van der Waals surface area contributed by atoms with E-state index in [2.05, 4.69) is 11.0 Å². The van der Waals surface area contributed by atoms with E-state index in [0.29, 0.717) is 19.7 Å². The van der Waals surface area contributed by atoms with Crippen LogP contribution < -0.4 is 0 Å². The number of ether oxygens (including phenoxy) is 1. The van der Waals surface area contributed by atoms with Gasteiger partial charge < -0.3 is 9.64 Å². The van der Waals surface area contributed by atoms with Crippen LogP contribution in [0.1, 0.15) is 20.3 Å². The summed E-state index contributed by atoms with van der Waals surface area (Å²) in [4.78, 5) is 15.6. The first-order valence-electron chi connectivity index (χ1n) is 6.22. The zero-order valence-corrected chi connectivity index (χ0v) is 10.7. The number of hydrogen-bond donors (Lipinski definition) is 0. The highest BCUT2D eigenvalue weighted by Crippen LogP contribution is 2.08. The van der Waals surface area contributed by atoms with Crippen LogP contribution >= 0.6 is 0 Å². The quantitative estimate of drug-likeness (QED) is 0.700. The minimum atomic E-state index is -0.0147. The molecular weight excluding hydrogens is 218 g/mol.